The maximum absolute atomic E-state index is 13.7. The lowest BCUT2D eigenvalue weighted by Gasteiger charge is -2.24. The van der Waals surface area contributed by atoms with Crippen molar-refractivity contribution in [3.05, 3.63) is 80.9 Å². The second kappa shape index (κ2) is 13.3. The lowest BCUT2D eigenvalue weighted by atomic mass is 10.0. The summed E-state index contributed by atoms with van der Waals surface area (Å²) in [5.74, 6) is -3.15. The molecule has 1 aromatic heterocycles. The van der Waals surface area contributed by atoms with E-state index in [0.29, 0.717) is 13.0 Å². The molecule has 3 aromatic rings. The standard InChI is InChI=1S/C24H27F2IN4O5S/c1-2-6-37(34,35)31-22-14-36-24(30-22)23(33)29-20(10-16-7-17(25)11-18(26)8-16)21(32)13-28-12-15-4-3-5-19(27)9-15/h3-5,7-9,11,14,20-21,28,31-32H,2,6,10,12-13H2,1H3,(H,29,33)/t20-,21+/m0/s1. The molecular formula is C24H27F2IN4O5S. The molecule has 0 saturated heterocycles. The van der Waals surface area contributed by atoms with Crippen molar-refractivity contribution in [3.8, 4) is 0 Å². The summed E-state index contributed by atoms with van der Waals surface area (Å²) in [6.07, 6.45) is 0.121. The number of anilines is 1. The summed E-state index contributed by atoms with van der Waals surface area (Å²) < 4.78 is 59.7. The summed E-state index contributed by atoms with van der Waals surface area (Å²) in [6.45, 7) is 2.21. The first kappa shape index (κ1) is 28.9. The van der Waals surface area contributed by atoms with Gasteiger partial charge in [-0.25, -0.2) is 17.2 Å². The SMILES string of the molecule is CCCS(=O)(=O)Nc1coc(C(=O)N[C@@H](Cc2cc(F)cc(F)c2)[C@H](O)CNCc2cccc(I)c2)n1. The molecule has 1 heterocycles. The molecule has 13 heteroatoms. The maximum atomic E-state index is 13.7. The fourth-order valence-corrected chi connectivity index (χ4v) is 5.21. The Balaban J connectivity index is 1.71. The molecule has 9 nitrogen and oxygen atoms in total. The minimum absolute atomic E-state index is 0.0574. The molecule has 37 heavy (non-hydrogen) atoms. The van der Waals surface area contributed by atoms with Crippen molar-refractivity contribution in [2.75, 3.05) is 17.0 Å². The third kappa shape index (κ3) is 9.32. The van der Waals surface area contributed by atoms with E-state index < -0.39 is 45.6 Å². The average molecular weight is 648 g/mol. The second-order valence-electron chi connectivity index (χ2n) is 8.35. The molecule has 0 radical (unpaired) electrons. The number of carbonyl (C=O) groups excluding carboxylic acids is 1. The van der Waals surface area contributed by atoms with Crippen LogP contribution in [0.1, 0.15) is 35.2 Å². The molecule has 3 rings (SSSR count). The topological polar surface area (TPSA) is 134 Å². The normalized spacial score (nSPS) is 13.2. The van der Waals surface area contributed by atoms with Gasteiger partial charge in [-0.05, 0) is 70.8 Å². The average Bonchev–Trinajstić information content (AvgIpc) is 3.25. The molecule has 0 bridgehead atoms. The molecule has 0 aliphatic heterocycles. The number of hydrogen-bond donors (Lipinski definition) is 4. The minimum atomic E-state index is -3.64. The monoisotopic (exact) mass is 648 g/mol. The third-order valence-electron chi connectivity index (χ3n) is 5.16. The van der Waals surface area contributed by atoms with Crippen LogP contribution in [0.3, 0.4) is 0 Å². The second-order valence-corrected chi connectivity index (χ2v) is 11.4. The number of rotatable bonds is 13. The van der Waals surface area contributed by atoms with E-state index in [-0.39, 0.29) is 30.1 Å². The predicted octanol–water partition coefficient (Wildman–Crippen LogP) is 3.20. The van der Waals surface area contributed by atoms with Gasteiger partial charge in [-0.1, -0.05) is 19.1 Å². The Hall–Kier alpha value is -2.62. The van der Waals surface area contributed by atoms with Crippen LogP contribution >= 0.6 is 22.6 Å². The van der Waals surface area contributed by atoms with Crippen LogP contribution in [-0.4, -0.2) is 48.9 Å². The molecule has 0 aliphatic rings. The smallest absolute Gasteiger partial charge is 0.307 e. The van der Waals surface area contributed by atoms with E-state index in [0.717, 1.165) is 33.6 Å². The van der Waals surface area contributed by atoms with Gasteiger partial charge in [0.2, 0.25) is 10.0 Å². The highest BCUT2D eigenvalue weighted by Crippen LogP contribution is 2.14. The van der Waals surface area contributed by atoms with Gasteiger partial charge in [0.15, 0.2) is 5.82 Å². The van der Waals surface area contributed by atoms with E-state index in [2.05, 4.69) is 42.9 Å². The molecule has 0 unspecified atom stereocenters. The number of aliphatic hydroxyl groups is 1. The van der Waals surface area contributed by atoms with Crippen molar-refractivity contribution in [2.24, 2.45) is 0 Å². The number of oxazole rings is 1. The highest BCUT2D eigenvalue weighted by molar-refractivity contribution is 14.1. The molecule has 1 amide bonds. The number of nitrogens with one attached hydrogen (secondary N) is 3. The van der Waals surface area contributed by atoms with Crippen LogP contribution in [-0.2, 0) is 23.0 Å². The van der Waals surface area contributed by atoms with E-state index in [1.54, 1.807) is 6.92 Å². The summed E-state index contributed by atoms with van der Waals surface area (Å²) in [5, 5.41) is 16.5. The van der Waals surface area contributed by atoms with Gasteiger partial charge in [-0.2, -0.15) is 4.98 Å². The van der Waals surface area contributed by atoms with Crippen LogP contribution in [0.25, 0.3) is 0 Å². The van der Waals surface area contributed by atoms with Crippen LogP contribution in [0.2, 0.25) is 0 Å². The molecule has 200 valence electrons. The van der Waals surface area contributed by atoms with Crippen molar-refractivity contribution in [1.29, 1.82) is 0 Å². The zero-order valence-corrected chi connectivity index (χ0v) is 22.9. The Bertz CT molecular complexity index is 1300. The molecule has 0 aliphatic carbocycles. The summed E-state index contributed by atoms with van der Waals surface area (Å²) in [6, 6.07) is 9.72. The summed E-state index contributed by atoms with van der Waals surface area (Å²) >= 11 is 2.19. The number of nitrogens with zero attached hydrogens (tertiary/aromatic N) is 1. The number of benzene rings is 2. The van der Waals surface area contributed by atoms with Crippen molar-refractivity contribution >= 4 is 44.3 Å². The number of halogens is 3. The fraction of sp³-hybridized carbons (Fsp3) is 0.333. The van der Waals surface area contributed by atoms with Gasteiger partial charge in [0.05, 0.1) is 17.9 Å². The van der Waals surface area contributed by atoms with E-state index in [4.69, 9.17) is 4.42 Å². The fourth-order valence-electron chi connectivity index (χ4n) is 3.55. The largest absolute Gasteiger partial charge is 0.439 e. The third-order valence-corrected chi connectivity index (χ3v) is 7.30. The van der Waals surface area contributed by atoms with Crippen molar-refractivity contribution in [2.45, 2.75) is 38.5 Å². The van der Waals surface area contributed by atoms with Crippen molar-refractivity contribution in [3.63, 3.8) is 0 Å². The van der Waals surface area contributed by atoms with Crippen LogP contribution < -0.4 is 15.4 Å². The van der Waals surface area contributed by atoms with E-state index in [1.807, 2.05) is 24.3 Å². The Kier molecular flexibility index (Phi) is 10.4. The lowest BCUT2D eigenvalue weighted by molar-refractivity contribution is 0.0798. The van der Waals surface area contributed by atoms with Gasteiger partial charge in [-0.3, -0.25) is 9.52 Å². The Morgan fingerprint density at radius 3 is 2.57 bits per heavy atom. The molecule has 4 N–H and O–H groups in total. The molecule has 2 aromatic carbocycles. The molecule has 0 saturated carbocycles. The minimum Gasteiger partial charge on any atom is -0.439 e. The Morgan fingerprint density at radius 1 is 1.16 bits per heavy atom. The van der Waals surface area contributed by atoms with Crippen molar-refractivity contribution in [1.82, 2.24) is 15.6 Å². The number of amides is 1. The van der Waals surface area contributed by atoms with E-state index >= 15 is 0 Å². The highest BCUT2D eigenvalue weighted by atomic mass is 127. The van der Waals surface area contributed by atoms with Gasteiger partial charge < -0.3 is 20.2 Å². The number of sulfonamides is 1. The lowest BCUT2D eigenvalue weighted by Crippen LogP contribution is -2.48. The van der Waals surface area contributed by atoms with Crippen LogP contribution in [0, 0.1) is 15.2 Å². The number of hydrogen-bond acceptors (Lipinski definition) is 7. The van der Waals surface area contributed by atoms with Gasteiger partial charge in [-0.15, -0.1) is 0 Å². The quantitative estimate of drug-likeness (QED) is 0.209. The first-order valence-electron chi connectivity index (χ1n) is 11.4. The zero-order chi connectivity index (χ0) is 27.0. The van der Waals surface area contributed by atoms with Crippen LogP contribution in [0.4, 0.5) is 14.6 Å². The van der Waals surface area contributed by atoms with E-state index in [9.17, 15) is 27.1 Å². The number of carbonyl (C=O) groups is 1. The predicted molar refractivity (Wildman–Crippen MR) is 142 cm³/mol. The number of aromatic nitrogens is 1. The van der Waals surface area contributed by atoms with Crippen LogP contribution in [0.15, 0.2) is 53.1 Å². The molecule has 2 atom stereocenters. The molecule has 0 fully saturated rings. The maximum Gasteiger partial charge on any atom is 0.307 e. The van der Waals surface area contributed by atoms with Crippen LogP contribution in [0.5, 0.6) is 0 Å². The van der Waals surface area contributed by atoms with Gasteiger partial charge >= 0.3 is 5.91 Å². The Morgan fingerprint density at radius 2 is 1.89 bits per heavy atom. The Labute approximate surface area is 227 Å². The van der Waals surface area contributed by atoms with Crippen molar-refractivity contribution < 1.29 is 31.5 Å². The highest BCUT2D eigenvalue weighted by Gasteiger charge is 2.25. The molecule has 0 spiro atoms. The van der Waals surface area contributed by atoms with Gasteiger partial charge in [0.25, 0.3) is 5.89 Å². The first-order valence-corrected chi connectivity index (χ1v) is 14.1. The molecular weight excluding hydrogens is 621 g/mol. The zero-order valence-electron chi connectivity index (χ0n) is 19.9. The first-order chi connectivity index (χ1) is 17.5. The van der Waals surface area contributed by atoms with Gasteiger partial charge in [0, 0.05) is 22.7 Å². The summed E-state index contributed by atoms with van der Waals surface area (Å²) in [7, 11) is -3.64. The summed E-state index contributed by atoms with van der Waals surface area (Å²) in [4.78, 5) is 16.6. The van der Waals surface area contributed by atoms with E-state index in [1.165, 1.54) is 0 Å². The summed E-state index contributed by atoms with van der Waals surface area (Å²) in [5.41, 5.74) is 1.21. The van der Waals surface area contributed by atoms with Gasteiger partial charge in [0.1, 0.15) is 17.9 Å². The number of aliphatic hydroxyl groups excluding tert-OH is 1.